The van der Waals surface area contributed by atoms with Crippen molar-refractivity contribution in [3.05, 3.63) is 59.1 Å². The van der Waals surface area contributed by atoms with Gasteiger partial charge < -0.3 is 10.2 Å². The molecule has 2 aromatic carbocycles. The fraction of sp³-hybridized carbons (Fsp3) is 0.333. The van der Waals surface area contributed by atoms with Crippen LogP contribution in [0.3, 0.4) is 0 Å². The smallest absolute Gasteiger partial charge is 0.241 e. The van der Waals surface area contributed by atoms with Crippen molar-refractivity contribution in [1.29, 1.82) is 0 Å². The van der Waals surface area contributed by atoms with Gasteiger partial charge in [0.1, 0.15) is 0 Å². The summed E-state index contributed by atoms with van der Waals surface area (Å²) in [6, 6.07) is 12.6. The second-order valence-corrected chi connectivity index (χ2v) is 9.39. The first kappa shape index (κ1) is 23.2. The molecule has 31 heavy (non-hydrogen) atoms. The number of primary sulfonamides is 1. The van der Waals surface area contributed by atoms with Gasteiger partial charge in [-0.05, 0) is 42.8 Å². The molecular weight excluding hydrogens is 440 g/mol. The monoisotopic (exact) mass is 464 g/mol. The van der Waals surface area contributed by atoms with Crippen LogP contribution in [-0.2, 0) is 26.0 Å². The van der Waals surface area contributed by atoms with Crippen molar-refractivity contribution in [2.75, 3.05) is 31.5 Å². The predicted octanol–water partition coefficient (Wildman–Crippen LogP) is 1.70. The molecule has 3 rings (SSSR count). The maximum atomic E-state index is 12.6. The zero-order chi connectivity index (χ0) is 22.6. The number of nitrogens with zero attached hydrogens (tertiary/aromatic N) is 2. The lowest BCUT2D eigenvalue weighted by Crippen LogP contribution is -2.54. The Labute approximate surface area is 187 Å². The molecule has 2 aromatic rings. The highest BCUT2D eigenvalue weighted by atomic mass is 35.5. The number of carbonyl (C=O) groups is 2. The van der Waals surface area contributed by atoms with Gasteiger partial charge in [-0.25, -0.2) is 13.6 Å². The second kappa shape index (κ2) is 9.78. The van der Waals surface area contributed by atoms with Crippen molar-refractivity contribution in [1.82, 2.24) is 9.80 Å². The van der Waals surface area contributed by atoms with Crippen molar-refractivity contribution in [3.63, 3.8) is 0 Å². The molecule has 1 heterocycles. The summed E-state index contributed by atoms with van der Waals surface area (Å²) in [4.78, 5) is 29.0. The van der Waals surface area contributed by atoms with Gasteiger partial charge in [0.25, 0.3) is 0 Å². The van der Waals surface area contributed by atoms with E-state index in [2.05, 4.69) is 5.32 Å². The predicted molar refractivity (Wildman–Crippen MR) is 119 cm³/mol. The number of anilines is 1. The number of halogens is 1. The quantitative estimate of drug-likeness (QED) is 0.675. The SMILES string of the molecule is CC(C(=O)Nc1ccc(S(N)(=O)=O)cc1)N1CCN(C(=O)Cc2ccccc2Cl)CC1. The third-order valence-electron chi connectivity index (χ3n) is 5.34. The summed E-state index contributed by atoms with van der Waals surface area (Å²) in [5.74, 6) is -0.195. The summed E-state index contributed by atoms with van der Waals surface area (Å²) in [5.41, 5.74) is 1.29. The number of amides is 2. The molecule has 8 nitrogen and oxygen atoms in total. The van der Waals surface area contributed by atoms with Gasteiger partial charge in [0.2, 0.25) is 21.8 Å². The number of hydrogen-bond acceptors (Lipinski definition) is 5. The minimum Gasteiger partial charge on any atom is -0.340 e. The average Bonchev–Trinajstić information content (AvgIpc) is 2.74. The van der Waals surface area contributed by atoms with Crippen LogP contribution in [0.25, 0.3) is 0 Å². The average molecular weight is 465 g/mol. The number of nitrogens with two attached hydrogens (primary N) is 1. The number of benzene rings is 2. The first-order valence-corrected chi connectivity index (χ1v) is 11.8. The van der Waals surface area contributed by atoms with Crippen LogP contribution >= 0.6 is 11.6 Å². The van der Waals surface area contributed by atoms with Gasteiger partial charge in [-0.15, -0.1) is 0 Å². The molecule has 1 unspecified atom stereocenters. The highest BCUT2D eigenvalue weighted by Crippen LogP contribution is 2.18. The molecule has 0 spiro atoms. The number of rotatable bonds is 6. The molecule has 1 aliphatic heterocycles. The Kier molecular flexibility index (Phi) is 7.32. The third-order valence-corrected chi connectivity index (χ3v) is 6.64. The fourth-order valence-corrected chi connectivity index (χ4v) is 4.13. The van der Waals surface area contributed by atoms with Crippen LogP contribution in [0.5, 0.6) is 0 Å². The van der Waals surface area contributed by atoms with E-state index in [1.54, 1.807) is 17.9 Å². The van der Waals surface area contributed by atoms with Crippen molar-refractivity contribution >= 4 is 39.1 Å². The van der Waals surface area contributed by atoms with E-state index in [1.165, 1.54) is 24.3 Å². The third kappa shape index (κ3) is 6.04. The molecule has 1 fully saturated rings. The summed E-state index contributed by atoms with van der Waals surface area (Å²) >= 11 is 6.14. The first-order valence-electron chi connectivity index (χ1n) is 9.84. The van der Waals surface area contributed by atoms with Crippen LogP contribution in [0.4, 0.5) is 5.69 Å². The molecule has 0 aliphatic carbocycles. The van der Waals surface area contributed by atoms with Gasteiger partial charge >= 0.3 is 0 Å². The second-order valence-electron chi connectivity index (χ2n) is 7.42. The van der Waals surface area contributed by atoms with E-state index in [1.807, 2.05) is 23.1 Å². The molecule has 166 valence electrons. The van der Waals surface area contributed by atoms with Gasteiger partial charge in [-0.1, -0.05) is 29.8 Å². The lowest BCUT2D eigenvalue weighted by molar-refractivity contribution is -0.133. The Morgan fingerprint density at radius 1 is 1.06 bits per heavy atom. The van der Waals surface area contributed by atoms with E-state index in [-0.39, 0.29) is 23.1 Å². The van der Waals surface area contributed by atoms with Crippen molar-refractivity contribution < 1.29 is 18.0 Å². The normalized spacial score (nSPS) is 16.0. The molecule has 0 bridgehead atoms. The Morgan fingerprint density at radius 2 is 1.68 bits per heavy atom. The van der Waals surface area contributed by atoms with Crippen LogP contribution in [-0.4, -0.2) is 62.3 Å². The minimum atomic E-state index is -3.78. The lowest BCUT2D eigenvalue weighted by Gasteiger charge is -2.37. The van der Waals surface area contributed by atoms with Gasteiger partial charge in [-0.3, -0.25) is 14.5 Å². The first-order chi connectivity index (χ1) is 14.6. The van der Waals surface area contributed by atoms with Gasteiger partial charge in [0, 0.05) is 36.9 Å². The highest BCUT2D eigenvalue weighted by Gasteiger charge is 2.27. The van der Waals surface area contributed by atoms with Crippen LogP contribution < -0.4 is 10.5 Å². The summed E-state index contributed by atoms with van der Waals surface area (Å²) in [5, 5.41) is 8.44. The summed E-state index contributed by atoms with van der Waals surface area (Å²) in [6.07, 6.45) is 0.254. The number of sulfonamides is 1. The van der Waals surface area contributed by atoms with Crippen LogP contribution in [0, 0.1) is 0 Å². The Hall–Kier alpha value is -2.46. The maximum absolute atomic E-state index is 12.6. The van der Waals surface area contributed by atoms with Crippen molar-refractivity contribution in [2.24, 2.45) is 5.14 Å². The molecule has 0 aromatic heterocycles. The topological polar surface area (TPSA) is 113 Å². The van der Waals surface area contributed by atoms with Crippen molar-refractivity contribution in [3.8, 4) is 0 Å². The molecule has 1 saturated heterocycles. The molecule has 1 atom stereocenters. The highest BCUT2D eigenvalue weighted by molar-refractivity contribution is 7.89. The minimum absolute atomic E-state index is 0.0137. The zero-order valence-corrected chi connectivity index (χ0v) is 18.7. The van der Waals surface area contributed by atoms with Gasteiger partial charge in [0.05, 0.1) is 17.4 Å². The fourth-order valence-electron chi connectivity index (χ4n) is 3.42. The standard InChI is InChI=1S/C21H25ClN4O4S/c1-15(21(28)24-17-6-8-18(9-7-17)31(23,29)30)25-10-12-26(13-11-25)20(27)14-16-4-2-3-5-19(16)22/h2-9,15H,10-14H2,1H3,(H,24,28)(H2,23,29,30). The van der Waals surface area contributed by atoms with E-state index >= 15 is 0 Å². The van der Waals surface area contributed by atoms with E-state index in [4.69, 9.17) is 16.7 Å². The summed E-state index contributed by atoms with van der Waals surface area (Å²) < 4.78 is 22.6. The molecule has 10 heteroatoms. The van der Waals surface area contributed by atoms with E-state index in [0.717, 1.165) is 5.56 Å². The van der Waals surface area contributed by atoms with Crippen LogP contribution in [0.2, 0.25) is 5.02 Å². The summed E-state index contributed by atoms with van der Waals surface area (Å²) in [6.45, 7) is 4.02. The largest absolute Gasteiger partial charge is 0.340 e. The lowest BCUT2D eigenvalue weighted by atomic mass is 10.1. The number of nitrogens with one attached hydrogen (secondary N) is 1. The van der Waals surface area contributed by atoms with Crippen LogP contribution in [0.15, 0.2) is 53.4 Å². The Bertz CT molecular complexity index is 1050. The molecule has 0 radical (unpaired) electrons. The molecule has 3 N–H and O–H groups in total. The Morgan fingerprint density at radius 3 is 2.26 bits per heavy atom. The number of piperazine rings is 1. The Balaban J connectivity index is 1.51. The van der Waals surface area contributed by atoms with E-state index in [9.17, 15) is 18.0 Å². The van der Waals surface area contributed by atoms with Crippen LogP contribution in [0.1, 0.15) is 12.5 Å². The molecule has 1 aliphatic rings. The number of hydrogen-bond donors (Lipinski definition) is 2. The maximum Gasteiger partial charge on any atom is 0.241 e. The van der Waals surface area contributed by atoms with E-state index < -0.39 is 16.1 Å². The molecule has 2 amide bonds. The molecule has 0 saturated carbocycles. The zero-order valence-electron chi connectivity index (χ0n) is 17.1. The van der Waals surface area contributed by atoms with Gasteiger partial charge in [-0.2, -0.15) is 0 Å². The number of carbonyl (C=O) groups excluding carboxylic acids is 2. The molecular formula is C21H25ClN4O4S. The van der Waals surface area contributed by atoms with Gasteiger partial charge in [0.15, 0.2) is 0 Å². The summed E-state index contributed by atoms with van der Waals surface area (Å²) in [7, 11) is -3.78. The van der Waals surface area contributed by atoms with E-state index in [0.29, 0.717) is 36.9 Å². The van der Waals surface area contributed by atoms with Crippen molar-refractivity contribution in [2.45, 2.75) is 24.3 Å².